The first kappa shape index (κ1) is 23.3. The predicted molar refractivity (Wildman–Crippen MR) is 136 cm³/mol. The Morgan fingerprint density at radius 1 is 0.912 bits per heavy atom. The van der Waals surface area contributed by atoms with E-state index in [9.17, 15) is 17.6 Å². The van der Waals surface area contributed by atoms with E-state index in [1.165, 1.54) is 0 Å². The van der Waals surface area contributed by atoms with Crippen molar-refractivity contribution in [3.05, 3.63) is 69.9 Å². The number of nitrogens with zero attached hydrogens (tertiary/aromatic N) is 2. The SMILES string of the molecule is FCCN(CCF)I=c1ccc2c(-c3ccccc3)c3ccc(N4CC(F)(F)C4)cc3oc-2c1. The maximum atomic E-state index is 13.4. The maximum absolute atomic E-state index is 13.4. The molecule has 1 saturated heterocycles. The lowest BCUT2D eigenvalue weighted by Crippen LogP contribution is -2.56. The monoisotopic (exact) mass is 582 g/mol. The van der Waals surface area contributed by atoms with Gasteiger partial charge in [-0.3, -0.25) is 0 Å². The molecule has 0 aromatic heterocycles. The van der Waals surface area contributed by atoms with Crippen molar-refractivity contribution < 1.29 is 22.0 Å². The van der Waals surface area contributed by atoms with E-state index in [0.717, 1.165) is 25.2 Å². The quantitative estimate of drug-likeness (QED) is 0.0986. The molecule has 178 valence electrons. The van der Waals surface area contributed by atoms with E-state index in [2.05, 4.69) is 0 Å². The number of hydrogen-bond acceptors (Lipinski definition) is 3. The number of rotatable bonds is 7. The van der Waals surface area contributed by atoms with Crippen LogP contribution in [0.15, 0.2) is 71.1 Å². The Labute approximate surface area is 205 Å². The maximum Gasteiger partial charge on any atom is 0.282 e. The smallest absolute Gasteiger partial charge is 0.282 e. The molecular weight excluding hydrogens is 559 g/mol. The van der Waals surface area contributed by atoms with E-state index in [0.29, 0.717) is 17.0 Å². The average molecular weight is 582 g/mol. The summed E-state index contributed by atoms with van der Waals surface area (Å²) in [5.41, 5.74) is 4.26. The highest BCUT2D eigenvalue weighted by atomic mass is 127. The van der Waals surface area contributed by atoms with Crippen molar-refractivity contribution in [1.82, 2.24) is 3.11 Å². The molecule has 1 fully saturated rings. The van der Waals surface area contributed by atoms with Crippen LogP contribution in [-0.4, -0.2) is 48.6 Å². The van der Waals surface area contributed by atoms with Gasteiger partial charge in [-0.05, 0) is 56.9 Å². The van der Waals surface area contributed by atoms with E-state index < -0.39 is 40.3 Å². The van der Waals surface area contributed by atoms with Crippen LogP contribution < -0.4 is 4.90 Å². The lowest BCUT2D eigenvalue weighted by molar-refractivity contribution is -0.0262. The van der Waals surface area contributed by atoms with Gasteiger partial charge in [0.2, 0.25) is 0 Å². The first-order valence-electron chi connectivity index (χ1n) is 11.0. The van der Waals surface area contributed by atoms with Crippen LogP contribution in [0.5, 0.6) is 0 Å². The Hall–Kier alpha value is -2.46. The van der Waals surface area contributed by atoms with Gasteiger partial charge in [0, 0.05) is 44.5 Å². The summed E-state index contributed by atoms with van der Waals surface area (Å²) < 4.78 is 61.8. The second-order valence-electron chi connectivity index (χ2n) is 8.25. The summed E-state index contributed by atoms with van der Waals surface area (Å²) in [4.78, 5) is 1.63. The van der Waals surface area contributed by atoms with Crippen LogP contribution in [0.3, 0.4) is 0 Å². The van der Waals surface area contributed by atoms with E-state index in [1.54, 1.807) is 4.90 Å². The molecule has 2 heterocycles. The van der Waals surface area contributed by atoms with E-state index in [-0.39, 0.29) is 26.2 Å². The van der Waals surface area contributed by atoms with Gasteiger partial charge in [0.25, 0.3) is 5.92 Å². The largest absolute Gasteiger partial charge is 0.456 e. The Morgan fingerprint density at radius 2 is 1.65 bits per heavy atom. The van der Waals surface area contributed by atoms with Crippen molar-refractivity contribution in [3.63, 3.8) is 0 Å². The van der Waals surface area contributed by atoms with Gasteiger partial charge in [-0.1, -0.05) is 30.3 Å². The molecule has 5 rings (SSSR count). The molecule has 0 bridgehead atoms. The Kier molecular flexibility index (Phi) is 6.61. The lowest BCUT2D eigenvalue weighted by atomic mass is 9.93. The van der Waals surface area contributed by atoms with Crippen molar-refractivity contribution in [2.24, 2.45) is 0 Å². The summed E-state index contributed by atoms with van der Waals surface area (Å²) >= 11 is -0.756. The molecule has 34 heavy (non-hydrogen) atoms. The van der Waals surface area contributed by atoms with Gasteiger partial charge in [-0.2, -0.15) is 0 Å². The summed E-state index contributed by atoms with van der Waals surface area (Å²) in [5.74, 6) is -2.00. The fraction of sp³-hybridized carbons (Fsp3) is 0.269. The first-order valence-corrected chi connectivity index (χ1v) is 13.1. The third-order valence-electron chi connectivity index (χ3n) is 5.81. The molecule has 0 N–H and O–H groups in total. The molecule has 1 aliphatic carbocycles. The zero-order valence-electron chi connectivity index (χ0n) is 18.3. The van der Waals surface area contributed by atoms with Crippen LogP contribution in [-0.2, 0) is 0 Å². The van der Waals surface area contributed by atoms with E-state index in [1.807, 2.05) is 69.8 Å². The highest BCUT2D eigenvalue weighted by molar-refractivity contribution is 14.1. The van der Waals surface area contributed by atoms with Gasteiger partial charge in [0.1, 0.15) is 24.7 Å². The van der Waals surface area contributed by atoms with Gasteiger partial charge in [-0.25, -0.2) is 20.7 Å². The van der Waals surface area contributed by atoms with Crippen molar-refractivity contribution in [1.29, 1.82) is 0 Å². The molecule has 3 aliphatic rings. The summed E-state index contributed by atoms with van der Waals surface area (Å²) in [6.45, 7) is -1.21. The Bertz CT molecular complexity index is 1330. The normalized spacial score (nSPS) is 16.1. The molecule has 2 aromatic rings. The van der Waals surface area contributed by atoms with Crippen molar-refractivity contribution >= 4 is 37.7 Å². The third-order valence-corrected chi connectivity index (χ3v) is 8.69. The van der Waals surface area contributed by atoms with Gasteiger partial charge >= 0.3 is 0 Å². The first-order chi connectivity index (χ1) is 16.5. The van der Waals surface area contributed by atoms with E-state index in [4.69, 9.17) is 4.42 Å². The zero-order chi connectivity index (χ0) is 23.7. The van der Waals surface area contributed by atoms with E-state index >= 15 is 0 Å². The van der Waals surface area contributed by atoms with Crippen LogP contribution in [0.2, 0.25) is 0 Å². The lowest BCUT2D eigenvalue weighted by Gasteiger charge is -2.40. The number of fused-ring (bicyclic) bond motifs is 2. The molecule has 0 unspecified atom stereocenters. The van der Waals surface area contributed by atoms with Gasteiger partial charge in [0.05, 0.1) is 13.1 Å². The highest BCUT2D eigenvalue weighted by Crippen LogP contribution is 2.42. The molecule has 2 aromatic carbocycles. The summed E-state index contributed by atoms with van der Waals surface area (Å²) in [5, 5.41) is 0.897. The van der Waals surface area contributed by atoms with Crippen molar-refractivity contribution in [2.75, 3.05) is 44.4 Å². The van der Waals surface area contributed by atoms with Crippen molar-refractivity contribution in [3.8, 4) is 22.5 Å². The van der Waals surface area contributed by atoms with Crippen LogP contribution in [0, 0.1) is 3.15 Å². The Balaban J connectivity index is 1.68. The minimum atomic E-state index is -2.66. The minimum absolute atomic E-state index is 0.212. The second kappa shape index (κ2) is 9.65. The predicted octanol–water partition coefficient (Wildman–Crippen LogP) is 7.32. The fourth-order valence-electron chi connectivity index (χ4n) is 4.23. The van der Waals surface area contributed by atoms with Crippen LogP contribution >= 0.6 is 21.0 Å². The van der Waals surface area contributed by atoms with Crippen molar-refractivity contribution in [2.45, 2.75) is 5.92 Å². The molecule has 0 saturated carbocycles. The summed E-state index contributed by atoms with van der Waals surface area (Å²) in [6, 6.07) is 21.5. The molecule has 0 spiro atoms. The number of benzene rings is 3. The van der Waals surface area contributed by atoms with Crippen LogP contribution in [0.1, 0.15) is 0 Å². The highest BCUT2D eigenvalue weighted by Gasteiger charge is 2.44. The zero-order valence-corrected chi connectivity index (χ0v) is 20.4. The molecule has 0 radical (unpaired) electrons. The molecule has 0 amide bonds. The molecule has 8 heteroatoms. The molecule has 2 aliphatic heterocycles. The van der Waals surface area contributed by atoms with Crippen LogP contribution in [0.4, 0.5) is 23.2 Å². The Morgan fingerprint density at radius 3 is 2.32 bits per heavy atom. The van der Waals surface area contributed by atoms with Crippen LogP contribution in [0.25, 0.3) is 33.4 Å². The molecular formula is C26H23F4IN2O. The van der Waals surface area contributed by atoms with Gasteiger partial charge in [0.15, 0.2) is 0 Å². The average Bonchev–Trinajstić information content (AvgIpc) is 2.81. The number of alkyl halides is 4. The summed E-state index contributed by atoms with van der Waals surface area (Å²) in [6.07, 6.45) is 0. The molecule has 0 atom stereocenters. The fourth-order valence-corrected chi connectivity index (χ4v) is 6.63. The summed E-state index contributed by atoms with van der Waals surface area (Å²) in [7, 11) is 0. The van der Waals surface area contributed by atoms with Gasteiger partial charge in [-0.15, -0.1) is 0 Å². The molecule has 3 nitrogen and oxygen atoms in total. The van der Waals surface area contributed by atoms with Gasteiger partial charge < -0.3 is 9.32 Å². The number of anilines is 1. The second-order valence-corrected chi connectivity index (χ2v) is 11.3. The topological polar surface area (TPSA) is 19.6 Å². The third kappa shape index (κ3) is 4.70. The number of hydrogen-bond donors (Lipinski definition) is 0. The number of halogens is 5. The standard InChI is InChI=1S/C26H23F4IN2O/c27-10-12-33(13-11-28)31-19-6-8-21-23(14-19)34-24-15-20(32-16-26(29,30)17-32)7-9-22(24)25(21)18-4-2-1-3-5-18/h1-9,14-15H,10-13,16-17H2. The minimum Gasteiger partial charge on any atom is -0.456 e.